The third-order valence-electron chi connectivity index (χ3n) is 18.0. The van der Waals surface area contributed by atoms with E-state index < -0.39 is 49.5 Å². The largest absolute Gasteiger partial charge is 0.394 e. The van der Waals surface area contributed by atoms with Crippen LogP contribution in [0.25, 0.3) is 0 Å². The van der Waals surface area contributed by atoms with Gasteiger partial charge in [0.05, 0.1) is 25.4 Å². The van der Waals surface area contributed by atoms with Crippen LogP contribution in [0.4, 0.5) is 0 Å². The van der Waals surface area contributed by atoms with Crippen LogP contribution in [0.1, 0.15) is 393 Å². The van der Waals surface area contributed by atoms with Crippen LogP contribution in [-0.2, 0) is 14.3 Å². The molecule has 1 heterocycles. The molecule has 1 aliphatic rings. The SMILES string of the molecule is CCCCCCCCCCCCCCCCCCCCCCCCCCCCCCCCCCC(O)C(COC1OC(CO)C(O)C(O)C1O)NC(=O)CCCCCCCCCCCCCCCCCCCCCCCCCCC. The van der Waals surface area contributed by atoms with E-state index in [2.05, 4.69) is 19.2 Å². The molecule has 0 aromatic heterocycles. The van der Waals surface area contributed by atoms with Gasteiger partial charge in [-0.2, -0.15) is 0 Å². The highest BCUT2D eigenvalue weighted by molar-refractivity contribution is 5.76. The molecule has 478 valence electrons. The summed E-state index contributed by atoms with van der Waals surface area (Å²) in [6.45, 7) is 3.91. The Bertz CT molecular complexity index is 1220. The monoisotopic (exact) mass is 1140 g/mol. The molecule has 0 bridgehead atoms. The van der Waals surface area contributed by atoms with Crippen LogP contribution in [0.5, 0.6) is 0 Å². The second kappa shape index (κ2) is 61.3. The first-order valence-electron chi connectivity index (χ1n) is 36.2. The molecule has 0 aromatic carbocycles. The second-order valence-electron chi connectivity index (χ2n) is 25.8. The Morgan fingerprint density at radius 2 is 0.625 bits per heavy atom. The van der Waals surface area contributed by atoms with E-state index in [1.807, 2.05) is 0 Å². The number of rotatable bonds is 65. The smallest absolute Gasteiger partial charge is 0.220 e. The minimum absolute atomic E-state index is 0.130. The van der Waals surface area contributed by atoms with E-state index >= 15 is 0 Å². The Kier molecular flexibility index (Phi) is 59.1. The standard InChI is InChI=1S/C71H141NO8/c1-3-5-7-9-11-13-15-17-19-21-23-25-27-29-30-31-32-33-34-35-37-38-40-42-44-46-48-50-52-54-56-58-60-65(74)64(63-79-71-70(78)69(77)68(76)66(62-73)80-71)72-67(75)61-59-57-55-53-51-49-47-45-43-41-39-36-28-26-24-22-20-18-16-14-12-10-8-6-4-2/h64-66,68-71,73-74,76-78H,3-63H2,1-2H3,(H,72,75). The van der Waals surface area contributed by atoms with Crippen molar-refractivity contribution in [1.82, 2.24) is 5.32 Å². The second-order valence-corrected chi connectivity index (χ2v) is 25.8. The van der Waals surface area contributed by atoms with E-state index in [1.165, 1.54) is 327 Å². The van der Waals surface area contributed by atoms with Crippen molar-refractivity contribution in [1.29, 1.82) is 0 Å². The number of aliphatic hydroxyl groups is 5. The van der Waals surface area contributed by atoms with Gasteiger partial charge in [-0.25, -0.2) is 0 Å². The summed E-state index contributed by atoms with van der Waals surface area (Å²) in [6, 6.07) is -0.715. The summed E-state index contributed by atoms with van der Waals surface area (Å²) in [6.07, 6.45) is 70.4. The molecule has 6 N–H and O–H groups in total. The zero-order valence-electron chi connectivity index (χ0n) is 53.6. The Morgan fingerprint density at radius 3 is 0.887 bits per heavy atom. The fourth-order valence-corrected chi connectivity index (χ4v) is 12.3. The maximum atomic E-state index is 13.2. The van der Waals surface area contributed by atoms with Crippen molar-refractivity contribution >= 4 is 5.91 Å². The fourth-order valence-electron chi connectivity index (χ4n) is 12.3. The van der Waals surface area contributed by atoms with Crippen LogP contribution in [0.15, 0.2) is 0 Å². The molecule has 0 aliphatic carbocycles. The van der Waals surface area contributed by atoms with Crippen LogP contribution < -0.4 is 5.32 Å². The number of unbranched alkanes of at least 4 members (excludes halogenated alkanes) is 55. The topological polar surface area (TPSA) is 149 Å². The number of carbonyl (C=O) groups is 1. The van der Waals surface area contributed by atoms with Crippen LogP contribution in [-0.4, -0.2) is 87.5 Å². The van der Waals surface area contributed by atoms with E-state index in [0.29, 0.717) is 12.8 Å². The minimum atomic E-state index is -1.55. The highest BCUT2D eigenvalue weighted by Crippen LogP contribution is 2.24. The summed E-state index contributed by atoms with van der Waals surface area (Å²) >= 11 is 0. The molecule has 0 spiro atoms. The molecule has 0 saturated carbocycles. The molecular formula is C71H141NO8. The maximum absolute atomic E-state index is 13.2. The summed E-state index contributed by atoms with van der Waals surface area (Å²) < 4.78 is 11.4. The van der Waals surface area contributed by atoms with E-state index in [4.69, 9.17) is 9.47 Å². The number of amides is 1. The van der Waals surface area contributed by atoms with Gasteiger partial charge >= 0.3 is 0 Å². The molecule has 1 aliphatic heterocycles. The van der Waals surface area contributed by atoms with Gasteiger partial charge in [-0.15, -0.1) is 0 Å². The first kappa shape index (κ1) is 77.2. The van der Waals surface area contributed by atoms with Crippen LogP contribution >= 0.6 is 0 Å². The summed E-state index contributed by atoms with van der Waals surface area (Å²) in [5.74, 6) is -0.133. The van der Waals surface area contributed by atoms with Gasteiger partial charge in [0.2, 0.25) is 5.91 Å². The first-order chi connectivity index (χ1) is 39.3. The molecule has 1 amide bonds. The third-order valence-corrected chi connectivity index (χ3v) is 18.0. The van der Waals surface area contributed by atoms with Gasteiger partial charge in [-0.3, -0.25) is 4.79 Å². The van der Waals surface area contributed by atoms with E-state index in [-0.39, 0.29) is 12.5 Å². The number of nitrogens with one attached hydrogen (secondary N) is 1. The average Bonchev–Trinajstić information content (AvgIpc) is 3.46. The Balaban J connectivity index is 2.08. The van der Waals surface area contributed by atoms with Gasteiger partial charge < -0.3 is 40.3 Å². The normalized spacial score (nSPS) is 18.3. The summed E-state index contributed by atoms with van der Waals surface area (Å²) in [4.78, 5) is 13.2. The van der Waals surface area contributed by atoms with Crippen molar-refractivity contribution < 1.29 is 39.8 Å². The number of hydrogen-bond acceptors (Lipinski definition) is 8. The summed E-state index contributed by atoms with van der Waals surface area (Å²) in [5.41, 5.74) is 0. The predicted molar refractivity (Wildman–Crippen MR) is 341 cm³/mol. The lowest BCUT2D eigenvalue weighted by Crippen LogP contribution is -2.60. The predicted octanol–water partition coefficient (Wildman–Crippen LogP) is 19.7. The van der Waals surface area contributed by atoms with Crippen molar-refractivity contribution in [2.45, 2.75) is 436 Å². The molecule has 80 heavy (non-hydrogen) atoms. The fraction of sp³-hybridized carbons (Fsp3) is 0.986. The highest BCUT2D eigenvalue weighted by Gasteiger charge is 2.44. The molecule has 0 aromatic rings. The van der Waals surface area contributed by atoms with Gasteiger partial charge in [0.1, 0.15) is 24.4 Å². The lowest BCUT2D eigenvalue weighted by Gasteiger charge is -2.40. The van der Waals surface area contributed by atoms with E-state index in [9.17, 15) is 30.3 Å². The zero-order chi connectivity index (χ0) is 57.9. The molecule has 1 rings (SSSR count). The Hall–Kier alpha value is -0.810. The highest BCUT2D eigenvalue weighted by atomic mass is 16.7. The van der Waals surface area contributed by atoms with Crippen molar-refractivity contribution in [3.05, 3.63) is 0 Å². The van der Waals surface area contributed by atoms with Crippen molar-refractivity contribution in [2.24, 2.45) is 0 Å². The van der Waals surface area contributed by atoms with Gasteiger partial charge in [-0.05, 0) is 12.8 Å². The summed E-state index contributed by atoms with van der Waals surface area (Å²) in [7, 11) is 0. The first-order valence-corrected chi connectivity index (χ1v) is 36.2. The number of aliphatic hydroxyl groups excluding tert-OH is 5. The molecule has 1 saturated heterocycles. The van der Waals surface area contributed by atoms with Gasteiger partial charge in [0.25, 0.3) is 0 Å². The molecule has 0 radical (unpaired) electrons. The van der Waals surface area contributed by atoms with Crippen LogP contribution in [0.3, 0.4) is 0 Å². The molecule has 7 unspecified atom stereocenters. The number of carbonyl (C=O) groups excluding carboxylic acids is 1. The molecule has 9 nitrogen and oxygen atoms in total. The quantitative estimate of drug-likeness (QED) is 0.0330. The Morgan fingerprint density at radius 1 is 0.375 bits per heavy atom. The lowest BCUT2D eigenvalue weighted by atomic mass is 9.99. The molecule has 1 fully saturated rings. The van der Waals surface area contributed by atoms with Gasteiger partial charge in [-0.1, -0.05) is 373 Å². The number of ether oxygens (including phenoxy) is 2. The minimum Gasteiger partial charge on any atom is -0.394 e. The van der Waals surface area contributed by atoms with Crippen LogP contribution in [0.2, 0.25) is 0 Å². The third kappa shape index (κ3) is 49.5. The van der Waals surface area contributed by atoms with Gasteiger partial charge in [0.15, 0.2) is 6.29 Å². The Labute approximate surface area is 497 Å². The van der Waals surface area contributed by atoms with Gasteiger partial charge in [0, 0.05) is 6.42 Å². The summed E-state index contributed by atoms with van der Waals surface area (Å²) in [5, 5.41) is 55.0. The molecular weight excluding hydrogens is 995 g/mol. The van der Waals surface area contributed by atoms with Crippen molar-refractivity contribution in [3.8, 4) is 0 Å². The maximum Gasteiger partial charge on any atom is 0.220 e. The zero-order valence-corrected chi connectivity index (χ0v) is 53.6. The van der Waals surface area contributed by atoms with Crippen LogP contribution in [0, 0.1) is 0 Å². The van der Waals surface area contributed by atoms with E-state index in [0.717, 1.165) is 38.5 Å². The van der Waals surface area contributed by atoms with Crippen molar-refractivity contribution in [2.75, 3.05) is 13.2 Å². The van der Waals surface area contributed by atoms with Crippen molar-refractivity contribution in [3.63, 3.8) is 0 Å². The van der Waals surface area contributed by atoms with E-state index in [1.54, 1.807) is 0 Å². The molecule has 9 heteroatoms. The molecule has 7 atom stereocenters. The lowest BCUT2D eigenvalue weighted by molar-refractivity contribution is -0.302. The average molecular weight is 1140 g/mol. The number of hydrogen-bond donors (Lipinski definition) is 6.